The molecule has 0 unspecified atom stereocenters. The van der Waals surface area contributed by atoms with E-state index in [0.717, 1.165) is 6.42 Å². The van der Waals surface area contributed by atoms with Crippen LogP contribution in [0.15, 0.2) is 47.3 Å². The predicted octanol–water partition coefficient (Wildman–Crippen LogP) is 3.28. The number of nitrogens with zero attached hydrogens (tertiary/aromatic N) is 2. The van der Waals surface area contributed by atoms with Gasteiger partial charge in [0.2, 0.25) is 0 Å². The minimum absolute atomic E-state index is 0.0274. The van der Waals surface area contributed by atoms with Gasteiger partial charge in [0.05, 0.1) is 10.9 Å². The number of benzene rings is 2. The molecule has 1 amide bonds. The highest BCUT2D eigenvalue weighted by molar-refractivity contribution is 7.71. The van der Waals surface area contributed by atoms with E-state index in [-0.39, 0.29) is 11.5 Å². The van der Waals surface area contributed by atoms with Crippen molar-refractivity contribution < 1.29 is 4.79 Å². The molecule has 0 saturated heterocycles. The summed E-state index contributed by atoms with van der Waals surface area (Å²) in [4.78, 5) is 30.4. The molecule has 1 aliphatic rings. The van der Waals surface area contributed by atoms with Crippen molar-refractivity contribution in [1.29, 1.82) is 0 Å². The van der Waals surface area contributed by atoms with Crippen molar-refractivity contribution in [2.45, 2.75) is 26.4 Å². The van der Waals surface area contributed by atoms with Crippen LogP contribution in [0.2, 0.25) is 0 Å². The summed E-state index contributed by atoms with van der Waals surface area (Å²) in [7, 11) is 0. The van der Waals surface area contributed by atoms with Crippen molar-refractivity contribution in [1.82, 2.24) is 14.5 Å². The minimum atomic E-state index is -0.128. The Kier molecular flexibility index (Phi) is 4.20. The molecule has 0 spiro atoms. The van der Waals surface area contributed by atoms with Gasteiger partial charge in [-0.25, -0.2) is 0 Å². The first-order valence-electron chi connectivity index (χ1n) is 8.71. The number of hydrogen-bond acceptors (Lipinski definition) is 3. The van der Waals surface area contributed by atoms with Crippen molar-refractivity contribution in [2.24, 2.45) is 0 Å². The Morgan fingerprint density at radius 1 is 1.19 bits per heavy atom. The Bertz CT molecular complexity index is 1130. The summed E-state index contributed by atoms with van der Waals surface area (Å²) in [5.74, 6) is -0.0274. The summed E-state index contributed by atoms with van der Waals surface area (Å²) in [6.07, 6.45) is 0.860. The van der Waals surface area contributed by atoms with Crippen LogP contribution in [0.4, 0.5) is 0 Å². The number of rotatable bonds is 2. The quantitative estimate of drug-likeness (QED) is 0.709. The molecule has 2 heterocycles. The van der Waals surface area contributed by atoms with Gasteiger partial charge >= 0.3 is 0 Å². The summed E-state index contributed by atoms with van der Waals surface area (Å²) < 4.78 is 1.89. The highest BCUT2D eigenvalue weighted by atomic mass is 32.1. The van der Waals surface area contributed by atoms with E-state index in [2.05, 4.69) is 17.1 Å². The average molecular weight is 365 g/mol. The second-order valence-electron chi connectivity index (χ2n) is 6.49. The first-order valence-corrected chi connectivity index (χ1v) is 9.12. The lowest BCUT2D eigenvalue weighted by atomic mass is 9.99. The van der Waals surface area contributed by atoms with Gasteiger partial charge in [-0.2, -0.15) is 0 Å². The minimum Gasteiger partial charge on any atom is -0.334 e. The van der Waals surface area contributed by atoms with Crippen LogP contribution < -0.4 is 5.56 Å². The third-order valence-electron chi connectivity index (χ3n) is 4.96. The molecule has 0 fully saturated rings. The van der Waals surface area contributed by atoms with E-state index in [1.165, 1.54) is 15.7 Å². The van der Waals surface area contributed by atoms with E-state index in [1.54, 1.807) is 18.2 Å². The van der Waals surface area contributed by atoms with E-state index in [1.807, 2.05) is 24.0 Å². The van der Waals surface area contributed by atoms with Crippen LogP contribution in [0.3, 0.4) is 0 Å². The van der Waals surface area contributed by atoms with Gasteiger partial charge in [0.25, 0.3) is 11.5 Å². The zero-order valence-electron chi connectivity index (χ0n) is 14.5. The van der Waals surface area contributed by atoms with Gasteiger partial charge in [0.1, 0.15) is 0 Å². The molecule has 2 aromatic carbocycles. The van der Waals surface area contributed by atoms with E-state index < -0.39 is 0 Å². The Morgan fingerprint density at radius 3 is 2.73 bits per heavy atom. The molecule has 0 atom stereocenters. The topological polar surface area (TPSA) is 58.1 Å². The SMILES string of the molecule is CCn1c(=S)[nH]c2cc(C(=O)N3CCc4ccccc4C3)ccc2c1=O. The monoisotopic (exact) mass is 365 g/mol. The maximum absolute atomic E-state index is 12.9. The Labute approximate surface area is 155 Å². The van der Waals surface area contributed by atoms with Gasteiger partial charge in [-0.3, -0.25) is 14.2 Å². The zero-order chi connectivity index (χ0) is 18.3. The number of fused-ring (bicyclic) bond motifs is 2. The average Bonchev–Trinajstić information content (AvgIpc) is 2.67. The smallest absolute Gasteiger partial charge is 0.262 e. The highest BCUT2D eigenvalue weighted by Crippen LogP contribution is 2.21. The Balaban J connectivity index is 1.70. The standard InChI is InChI=1S/C20H19N3O2S/c1-2-23-19(25)16-8-7-14(11-17(16)21-20(23)26)18(24)22-10-9-13-5-3-4-6-15(13)12-22/h3-8,11H,2,9-10,12H2,1H3,(H,21,26). The summed E-state index contributed by atoms with van der Waals surface area (Å²) >= 11 is 5.26. The van der Waals surface area contributed by atoms with E-state index in [9.17, 15) is 9.59 Å². The number of H-pyrrole nitrogens is 1. The van der Waals surface area contributed by atoms with Gasteiger partial charge in [0, 0.05) is 25.2 Å². The van der Waals surface area contributed by atoms with Crippen molar-refractivity contribution >= 4 is 29.0 Å². The highest BCUT2D eigenvalue weighted by Gasteiger charge is 2.22. The van der Waals surface area contributed by atoms with Crippen LogP contribution in [-0.4, -0.2) is 26.9 Å². The lowest BCUT2D eigenvalue weighted by Gasteiger charge is -2.29. The zero-order valence-corrected chi connectivity index (χ0v) is 15.3. The van der Waals surface area contributed by atoms with Gasteiger partial charge in [-0.15, -0.1) is 0 Å². The van der Waals surface area contributed by atoms with Crippen LogP contribution in [0.1, 0.15) is 28.4 Å². The molecule has 1 N–H and O–H groups in total. The summed E-state index contributed by atoms with van der Waals surface area (Å²) in [6, 6.07) is 13.4. The number of nitrogens with one attached hydrogen (secondary N) is 1. The number of aromatic amines is 1. The van der Waals surface area contributed by atoms with Crippen LogP contribution in [0.25, 0.3) is 10.9 Å². The molecular formula is C20H19N3O2S. The molecule has 5 nitrogen and oxygen atoms in total. The van der Waals surface area contributed by atoms with Crippen LogP contribution in [0.5, 0.6) is 0 Å². The second kappa shape index (κ2) is 6.53. The molecule has 3 aromatic rings. The maximum atomic E-state index is 12.9. The van der Waals surface area contributed by atoms with E-state index >= 15 is 0 Å². The summed E-state index contributed by atoms with van der Waals surface area (Å²) in [5.41, 5.74) is 3.54. The largest absolute Gasteiger partial charge is 0.334 e. The number of carbonyl (C=O) groups is 1. The third kappa shape index (κ3) is 2.76. The lowest BCUT2D eigenvalue weighted by Crippen LogP contribution is -2.36. The van der Waals surface area contributed by atoms with Crippen molar-refractivity contribution in [3.05, 3.63) is 74.3 Å². The fourth-order valence-corrected chi connectivity index (χ4v) is 3.85. The molecule has 1 aliphatic heterocycles. The fourth-order valence-electron chi connectivity index (χ4n) is 3.53. The summed E-state index contributed by atoms with van der Waals surface area (Å²) in [6.45, 7) is 3.70. The van der Waals surface area contributed by atoms with Gasteiger partial charge in [0.15, 0.2) is 4.77 Å². The van der Waals surface area contributed by atoms with E-state index in [0.29, 0.717) is 40.9 Å². The van der Waals surface area contributed by atoms with Gasteiger partial charge in [-0.05, 0) is 54.9 Å². The predicted molar refractivity (Wildman–Crippen MR) is 104 cm³/mol. The molecule has 0 saturated carbocycles. The van der Waals surface area contributed by atoms with Crippen LogP contribution in [-0.2, 0) is 19.5 Å². The molecule has 1 aromatic heterocycles. The number of hydrogen-bond donors (Lipinski definition) is 1. The number of aromatic nitrogens is 2. The molecular weight excluding hydrogens is 346 g/mol. The molecule has 0 bridgehead atoms. The molecule has 6 heteroatoms. The summed E-state index contributed by atoms with van der Waals surface area (Å²) in [5, 5.41) is 0.543. The Hall–Kier alpha value is -2.73. The molecule has 4 rings (SSSR count). The van der Waals surface area contributed by atoms with Gasteiger partial charge in [-0.1, -0.05) is 24.3 Å². The van der Waals surface area contributed by atoms with Crippen LogP contribution >= 0.6 is 12.2 Å². The first-order chi connectivity index (χ1) is 12.6. The molecule has 0 aliphatic carbocycles. The first kappa shape index (κ1) is 16.7. The lowest BCUT2D eigenvalue weighted by molar-refractivity contribution is 0.0735. The third-order valence-corrected chi connectivity index (χ3v) is 5.29. The van der Waals surface area contributed by atoms with Crippen molar-refractivity contribution in [3.8, 4) is 0 Å². The molecule has 26 heavy (non-hydrogen) atoms. The molecule has 0 radical (unpaired) electrons. The van der Waals surface area contributed by atoms with E-state index in [4.69, 9.17) is 12.2 Å². The van der Waals surface area contributed by atoms with Gasteiger partial charge < -0.3 is 9.88 Å². The van der Waals surface area contributed by atoms with Crippen molar-refractivity contribution in [2.75, 3.05) is 6.54 Å². The fraction of sp³-hybridized carbons (Fsp3) is 0.250. The van der Waals surface area contributed by atoms with Crippen LogP contribution in [0, 0.1) is 4.77 Å². The van der Waals surface area contributed by atoms with Crippen molar-refractivity contribution in [3.63, 3.8) is 0 Å². The maximum Gasteiger partial charge on any atom is 0.262 e. The second-order valence-corrected chi connectivity index (χ2v) is 6.87. The number of carbonyl (C=O) groups excluding carboxylic acids is 1. The molecule has 132 valence electrons. The Morgan fingerprint density at radius 2 is 1.96 bits per heavy atom. The number of amides is 1. The normalized spacial score (nSPS) is 13.7.